The smallest absolute Gasteiger partial charge is 0.0458 e. The van der Waals surface area contributed by atoms with Gasteiger partial charge < -0.3 is 5.73 Å². The lowest BCUT2D eigenvalue weighted by Gasteiger charge is -2.24. The van der Waals surface area contributed by atoms with Crippen LogP contribution in [0.25, 0.3) is 0 Å². The van der Waals surface area contributed by atoms with Gasteiger partial charge in [-0.05, 0) is 53.9 Å². The molecule has 90 valence electrons. The maximum atomic E-state index is 5.76. The SMILES string of the molecule is CSCC(C)N(C)Cc1ccc(N)c(Br)c1. The fourth-order valence-corrected chi connectivity index (χ4v) is 2.64. The van der Waals surface area contributed by atoms with Crippen LogP contribution in [-0.4, -0.2) is 30.0 Å². The number of benzene rings is 1. The van der Waals surface area contributed by atoms with Crippen molar-refractivity contribution in [3.63, 3.8) is 0 Å². The summed E-state index contributed by atoms with van der Waals surface area (Å²) in [6.07, 6.45) is 2.14. The molecule has 1 rings (SSSR count). The lowest BCUT2D eigenvalue weighted by atomic mass is 10.2. The number of nitrogens with two attached hydrogens (primary N) is 1. The summed E-state index contributed by atoms with van der Waals surface area (Å²) < 4.78 is 0.982. The number of halogens is 1. The summed E-state index contributed by atoms with van der Waals surface area (Å²) in [6.45, 7) is 3.21. The van der Waals surface area contributed by atoms with Crippen LogP contribution in [0.1, 0.15) is 12.5 Å². The van der Waals surface area contributed by atoms with Crippen molar-refractivity contribution in [2.24, 2.45) is 0 Å². The van der Waals surface area contributed by atoms with Crippen LogP contribution < -0.4 is 5.73 Å². The largest absolute Gasteiger partial charge is 0.398 e. The number of rotatable bonds is 5. The van der Waals surface area contributed by atoms with E-state index in [-0.39, 0.29) is 0 Å². The van der Waals surface area contributed by atoms with E-state index in [0.29, 0.717) is 6.04 Å². The Morgan fingerprint density at radius 1 is 1.50 bits per heavy atom. The first-order valence-electron chi connectivity index (χ1n) is 5.27. The Balaban J connectivity index is 2.62. The second-order valence-corrected chi connectivity index (χ2v) is 5.84. The van der Waals surface area contributed by atoms with Gasteiger partial charge in [-0.25, -0.2) is 0 Å². The average molecular weight is 303 g/mol. The maximum absolute atomic E-state index is 5.76. The van der Waals surface area contributed by atoms with Gasteiger partial charge in [-0.1, -0.05) is 6.07 Å². The van der Waals surface area contributed by atoms with Crippen molar-refractivity contribution in [3.8, 4) is 0 Å². The van der Waals surface area contributed by atoms with E-state index in [1.54, 1.807) is 0 Å². The molecular weight excluding hydrogens is 284 g/mol. The Hall–Kier alpha value is -0.190. The molecule has 1 unspecified atom stereocenters. The molecule has 1 atom stereocenters. The number of anilines is 1. The highest BCUT2D eigenvalue weighted by Gasteiger charge is 2.09. The molecule has 2 N–H and O–H groups in total. The van der Waals surface area contributed by atoms with Gasteiger partial charge in [0.2, 0.25) is 0 Å². The van der Waals surface area contributed by atoms with Gasteiger partial charge in [-0.2, -0.15) is 11.8 Å². The number of hydrogen-bond acceptors (Lipinski definition) is 3. The number of hydrogen-bond donors (Lipinski definition) is 1. The fraction of sp³-hybridized carbons (Fsp3) is 0.500. The molecule has 0 fully saturated rings. The van der Waals surface area contributed by atoms with Gasteiger partial charge in [-0.15, -0.1) is 0 Å². The molecule has 2 nitrogen and oxygen atoms in total. The molecular formula is C12H19BrN2S. The second kappa shape index (κ2) is 6.52. The van der Waals surface area contributed by atoms with Gasteiger partial charge in [0.1, 0.15) is 0 Å². The molecule has 0 bridgehead atoms. The van der Waals surface area contributed by atoms with E-state index < -0.39 is 0 Å². The molecule has 4 heteroatoms. The minimum absolute atomic E-state index is 0.589. The molecule has 16 heavy (non-hydrogen) atoms. The third-order valence-corrected chi connectivity index (χ3v) is 4.16. The van der Waals surface area contributed by atoms with Crippen LogP contribution in [0.3, 0.4) is 0 Å². The number of thioether (sulfide) groups is 1. The molecule has 0 saturated heterocycles. The molecule has 1 aromatic carbocycles. The first kappa shape index (κ1) is 13.9. The first-order valence-corrected chi connectivity index (χ1v) is 7.46. The van der Waals surface area contributed by atoms with Crippen LogP contribution in [-0.2, 0) is 6.54 Å². The van der Waals surface area contributed by atoms with Crippen LogP contribution in [0.15, 0.2) is 22.7 Å². The molecule has 0 aliphatic rings. The van der Waals surface area contributed by atoms with Gasteiger partial charge in [0.25, 0.3) is 0 Å². The van der Waals surface area contributed by atoms with Crippen LogP contribution >= 0.6 is 27.7 Å². The first-order chi connectivity index (χ1) is 7.54. The van der Waals surface area contributed by atoms with Crippen LogP contribution in [0, 0.1) is 0 Å². The zero-order valence-corrected chi connectivity index (χ0v) is 12.4. The van der Waals surface area contributed by atoms with Crippen molar-refractivity contribution in [1.82, 2.24) is 4.90 Å². The quantitative estimate of drug-likeness (QED) is 0.847. The predicted octanol–water partition coefficient (Wildman–Crippen LogP) is 3.21. The van der Waals surface area contributed by atoms with E-state index >= 15 is 0 Å². The van der Waals surface area contributed by atoms with Crippen molar-refractivity contribution in [1.29, 1.82) is 0 Å². The molecule has 0 aliphatic heterocycles. The predicted molar refractivity (Wildman–Crippen MR) is 77.9 cm³/mol. The average Bonchev–Trinajstić information content (AvgIpc) is 2.24. The van der Waals surface area contributed by atoms with Gasteiger partial charge in [-0.3, -0.25) is 4.90 Å². The van der Waals surface area contributed by atoms with E-state index in [9.17, 15) is 0 Å². The normalized spacial score (nSPS) is 13.1. The summed E-state index contributed by atoms with van der Waals surface area (Å²) >= 11 is 5.34. The Morgan fingerprint density at radius 2 is 2.19 bits per heavy atom. The number of nitrogen functional groups attached to an aromatic ring is 1. The molecule has 0 heterocycles. The van der Waals surface area contributed by atoms with E-state index in [2.05, 4.69) is 53.2 Å². The highest BCUT2D eigenvalue weighted by atomic mass is 79.9. The van der Waals surface area contributed by atoms with Crippen molar-refractivity contribution < 1.29 is 0 Å². The standard InChI is InChI=1S/C12H19BrN2S/c1-9(8-16-3)15(2)7-10-4-5-12(14)11(13)6-10/h4-6,9H,7-8,14H2,1-3H3. The van der Waals surface area contributed by atoms with E-state index in [0.717, 1.165) is 22.5 Å². The minimum Gasteiger partial charge on any atom is -0.398 e. The highest BCUT2D eigenvalue weighted by molar-refractivity contribution is 9.10. The third kappa shape index (κ3) is 4.00. The lowest BCUT2D eigenvalue weighted by Crippen LogP contribution is -2.30. The maximum Gasteiger partial charge on any atom is 0.0458 e. The molecule has 0 spiro atoms. The Labute approximate surface area is 111 Å². The lowest BCUT2D eigenvalue weighted by molar-refractivity contribution is 0.269. The third-order valence-electron chi connectivity index (χ3n) is 2.66. The highest BCUT2D eigenvalue weighted by Crippen LogP contribution is 2.21. The topological polar surface area (TPSA) is 29.3 Å². The summed E-state index contributed by atoms with van der Waals surface area (Å²) in [5.74, 6) is 1.16. The fourth-order valence-electron chi connectivity index (χ4n) is 1.48. The van der Waals surface area contributed by atoms with Gasteiger partial charge in [0, 0.05) is 28.5 Å². The Kier molecular flexibility index (Phi) is 5.66. The molecule has 0 saturated carbocycles. The molecule has 0 radical (unpaired) electrons. The minimum atomic E-state index is 0.589. The molecule has 0 aromatic heterocycles. The summed E-state index contributed by atoms with van der Waals surface area (Å²) in [5, 5.41) is 0. The summed E-state index contributed by atoms with van der Waals surface area (Å²) in [5.41, 5.74) is 7.85. The zero-order chi connectivity index (χ0) is 12.1. The summed E-state index contributed by atoms with van der Waals surface area (Å²) in [7, 11) is 2.16. The van der Waals surface area contributed by atoms with Crippen LogP contribution in [0.5, 0.6) is 0 Å². The Morgan fingerprint density at radius 3 is 2.75 bits per heavy atom. The monoisotopic (exact) mass is 302 g/mol. The van der Waals surface area contributed by atoms with Crippen molar-refractivity contribution in [2.45, 2.75) is 19.5 Å². The Bertz CT molecular complexity index is 344. The van der Waals surface area contributed by atoms with Gasteiger partial charge >= 0.3 is 0 Å². The molecule has 0 aliphatic carbocycles. The van der Waals surface area contributed by atoms with Crippen molar-refractivity contribution >= 4 is 33.4 Å². The van der Waals surface area contributed by atoms with E-state index in [4.69, 9.17) is 5.73 Å². The molecule has 0 amide bonds. The van der Waals surface area contributed by atoms with Crippen LogP contribution in [0.2, 0.25) is 0 Å². The van der Waals surface area contributed by atoms with E-state index in [1.807, 2.05) is 17.8 Å². The van der Waals surface area contributed by atoms with Crippen molar-refractivity contribution in [3.05, 3.63) is 28.2 Å². The number of nitrogens with zero attached hydrogens (tertiary/aromatic N) is 1. The second-order valence-electron chi connectivity index (χ2n) is 4.08. The van der Waals surface area contributed by atoms with Gasteiger partial charge in [0.05, 0.1) is 0 Å². The zero-order valence-electron chi connectivity index (χ0n) is 10.0. The molecule has 1 aromatic rings. The van der Waals surface area contributed by atoms with E-state index in [1.165, 1.54) is 5.56 Å². The summed E-state index contributed by atoms with van der Waals surface area (Å²) in [6, 6.07) is 6.72. The van der Waals surface area contributed by atoms with Crippen LogP contribution in [0.4, 0.5) is 5.69 Å². The van der Waals surface area contributed by atoms with Gasteiger partial charge in [0.15, 0.2) is 0 Å². The van der Waals surface area contributed by atoms with Crippen molar-refractivity contribution in [2.75, 3.05) is 24.8 Å². The summed E-state index contributed by atoms with van der Waals surface area (Å²) in [4.78, 5) is 2.36.